The van der Waals surface area contributed by atoms with Crippen LogP contribution in [0.1, 0.15) is 19.3 Å². The standard InChI is InChI=1S/C23H28ClN3O4S2/c1-26(2)14-8-15-27(23-25-21-19(31-3)13-12-18(24)22(21)32-23)20(28)11-7-16-33(29,30)17-9-5-4-6-10-17/h4-6,9-10,12-13H,7-8,11,14-16H2,1-3H3. The van der Waals surface area contributed by atoms with Crippen LogP contribution in [0, 0.1) is 0 Å². The van der Waals surface area contributed by atoms with Crippen molar-refractivity contribution in [2.45, 2.75) is 24.2 Å². The van der Waals surface area contributed by atoms with E-state index < -0.39 is 9.84 Å². The summed E-state index contributed by atoms with van der Waals surface area (Å²) in [7, 11) is 2.08. The summed E-state index contributed by atoms with van der Waals surface area (Å²) in [6.45, 7) is 1.28. The van der Waals surface area contributed by atoms with Crippen LogP contribution in [0.5, 0.6) is 5.75 Å². The first-order valence-corrected chi connectivity index (χ1v) is 13.4. The Labute approximate surface area is 203 Å². The number of ether oxygens (including phenoxy) is 1. The van der Waals surface area contributed by atoms with Crippen molar-refractivity contribution in [3.63, 3.8) is 0 Å². The summed E-state index contributed by atoms with van der Waals surface area (Å²) >= 11 is 7.69. The molecule has 0 aliphatic carbocycles. The third-order valence-electron chi connectivity index (χ3n) is 5.09. The fourth-order valence-electron chi connectivity index (χ4n) is 3.39. The zero-order chi connectivity index (χ0) is 24.0. The molecule has 0 fully saturated rings. The Balaban J connectivity index is 1.78. The van der Waals surface area contributed by atoms with Gasteiger partial charge in [0, 0.05) is 13.0 Å². The Bertz CT molecular complexity index is 1200. The predicted octanol–water partition coefficient (Wildman–Crippen LogP) is 4.50. The predicted molar refractivity (Wildman–Crippen MR) is 134 cm³/mol. The van der Waals surface area contributed by atoms with Gasteiger partial charge in [-0.15, -0.1) is 0 Å². The molecule has 0 aliphatic heterocycles. The molecule has 0 bridgehead atoms. The van der Waals surface area contributed by atoms with Crippen LogP contribution in [0.3, 0.4) is 0 Å². The van der Waals surface area contributed by atoms with Crippen molar-refractivity contribution in [3.05, 3.63) is 47.5 Å². The number of aromatic nitrogens is 1. The highest BCUT2D eigenvalue weighted by atomic mass is 35.5. The monoisotopic (exact) mass is 509 g/mol. The topological polar surface area (TPSA) is 79.8 Å². The molecule has 0 unspecified atom stereocenters. The minimum Gasteiger partial charge on any atom is -0.494 e. The van der Waals surface area contributed by atoms with Crippen molar-refractivity contribution in [2.75, 3.05) is 44.9 Å². The molecule has 3 rings (SSSR count). The molecular formula is C23H28ClN3O4S2. The first-order valence-electron chi connectivity index (χ1n) is 10.6. The van der Waals surface area contributed by atoms with Gasteiger partial charge < -0.3 is 9.64 Å². The van der Waals surface area contributed by atoms with E-state index in [1.165, 1.54) is 11.3 Å². The average molecular weight is 510 g/mol. The van der Waals surface area contributed by atoms with Crippen molar-refractivity contribution >= 4 is 54.0 Å². The van der Waals surface area contributed by atoms with Crippen LogP contribution in [0.2, 0.25) is 5.02 Å². The van der Waals surface area contributed by atoms with E-state index in [4.69, 9.17) is 16.3 Å². The number of carbonyl (C=O) groups excluding carboxylic acids is 1. The van der Waals surface area contributed by atoms with E-state index in [2.05, 4.69) is 4.98 Å². The van der Waals surface area contributed by atoms with Gasteiger partial charge in [0.1, 0.15) is 11.3 Å². The summed E-state index contributed by atoms with van der Waals surface area (Å²) in [5.41, 5.74) is 0.613. The van der Waals surface area contributed by atoms with Crippen LogP contribution in [-0.4, -0.2) is 64.3 Å². The minimum absolute atomic E-state index is 0.0895. The number of hydrogen-bond donors (Lipinski definition) is 0. The Morgan fingerprint density at radius 2 is 1.82 bits per heavy atom. The number of amides is 1. The lowest BCUT2D eigenvalue weighted by Gasteiger charge is -2.21. The molecule has 7 nitrogen and oxygen atoms in total. The highest BCUT2D eigenvalue weighted by molar-refractivity contribution is 7.91. The van der Waals surface area contributed by atoms with Crippen molar-refractivity contribution in [3.8, 4) is 5.75 Å². The molecule has 0 spiro atoms. The number of carbonyl (C=O) groups is 1. The maximum Gasteiger partial charge on any atom is 0.228 e. The average Bonchev–Trinajstić information content (AvgIpc) is 3.23. The van der Waals surface area contributed by atoms with E-state index in [1.807, 2.05) is 19.0 Å². The number of halogens is 1. The molecule has 178 valence electrons. The first-order chi connectivity index (χ1) is 15.7. The maximum atomic E-state index is 13.2. The second kappa shape index (κ2) is 11.3. The molecule has 2 aromatic carbocycles. The quantitative estimate of drug-likeness (QED) is 0.378. The minimum atomic E-state index is -3.43. The van der Waals surface area contributed by atoms with Crippen LogP contribution in [0.25, 0.3) is 10.2 Å². The molecule has 0 aliphatic rings. The zero-order valence-corrected chi connectivity index (χ0v) is 21.3. The van der Waals surface area contributed by atoms with Gasteiger partial charge in [-0.3, -0.25) is 9.69 Å². The highest BCUT2D eigenvalue weighted by Gasteiger charge is 2.23. The van der Waals surface area contributed by atoms with E-state index >= 15 is 0 Å². The number of hydrogen-bond acceptors (Lipinski definition) is 7. The molecule has 33 heavy (non-hydrogen) atoms. The van der Waals surface area contributed by atoms with Crippen LogP contribution in [-0.2, 0) is 14.6 Å². The Kier molecular flexibility index (Phi) is 8.69. The number of anilines is 1. The number of rotatable bonds is 11. The normalized spacial score (nSPS) is 11.8. The summed E-state index contributed by atoms with van der Waals surface area (Å²) in [5, 5.41) is 1.08. The molecule has 0 atom stereocenters. The van der Waals surface area contributed by atoms with Gasteiger partial charge in [-0.1, -0.05) is 41.1 Å². The third kappa shape index (κ3) is 6.44. The number of benzene rings is 2. The summed E-state index contributed by atoms with van der Waals surface area (Å²) in [6, 6.07) is 11.8. The molecule has 1 heterocycles. The fraction of sp³-hybridized carbons (Fsp3) is 0.391. The van der Waals surface area contributed by atoms with E-state index in [0.29, 0.717) is 28.0 Å². The lowest BCUT2D eigenvalue weighted by atomic mass is 10.3. The van der Waals surface area contributed by atoms with Gasteiger partial charge in [0.25, 0.3) is 0 Å². The van der Waals surface area contributed by atoms with E-state index in [1.54, 1.807) is 54.5 Å². The molecule has 1 amide bonds. The smallest absolute Gasteiger partial charge is 0.228 e. The lowest BCUT2D eigenvalue weighted by molar-refractivity contribution is -0.118. The van der Waals surface area contributed by atoms with E-state index in [9.17, 15) is 13.2 Å². The molecule has 0 N–H and O–H groups in total. The van der Waals surface area contributed by atoms with Gasteiger partial charge in [0.05, 0.1) is 27.5 Å². The Morgan fingerprint density at radius 1 is 1.09 bits per heavy atom. The van der Waals surface area contributed by atoms with Gasteiger partial charge >= 0.3 is 0 Å². The second-order valence-electron chi connectivity index (χ2n) is 7.86. The summed E-state index contributed by atoms with van der Waals surface area (Å²) < 4.78 is 31.3. The summed E-state index contributed by atoms with van der Waals surface area (Å²) in [4.78, 5) is 21.8. The lowest BCUT2D eigenvalue weighted by Crippen LogP contribution is -2.33. The number of fused-ring (bicyclic) bond motifs is 1. The van der Waals surface area contributed by atoms with Crippen molar-refractivity contribution in [2.24, 2.45) is 0 Å². The van der Waals surface area contributed by atoms with E-state index in [0.717, 1.165) is 17.7 Å². The molecule has 1 aromatic heterocycles. The van der Waals surface area contributed by atoms with Crippen LogP contribution in [0.15, 0.2) is 47.4 Å². The number of nitrogens with zero attached hydrogens (tertiary/aromatic N) is 3. The first kappa shape index (κ1) is 25.4. The summed E-state index contributed by atoms with van der Waals surface area (Å²) in [5.74, 6) is 0.339. The number of methoxy groups -OCH3 is 1. The molecule has 3 aromatic rings. The van der Waals surface area contributed by atoms with E-state index in [-0.39, 0.29) is 29.4 Å². The maximum absolute atomic E-state index is 13.2. The van der Waals surface area contributed by atoms with Crippen molar-refractivity contribution in [1.29, 1.82) is 0 Å². The van der Waals surface area contributed by atoms with Crippen LogP contribution >= 0.6 is 22.9 Å². The SMILES string of the molecule is COc1ccc(Cl)c2sc(N(CCCN(C)C)C(=O)CCCS(=O)(=O)c3ccccc3)nc12. The van der Waals surface area contributed by atoms with Gasteiger partial charge in [0.2, 0.25) is 5.91 Å². The Morgan fingerprint density at radius 3 is 2.48 bits per heavy atom. The van der Waals surface area contributed by atoms with Gasteiger partial charge in [-0.25, -0.2) is 13.4 Å². The van der Waals surface area contributed by atoms with Crippen LogP contribution in [0.4, 0.5) is 5.13 Å². The second-order valence-corrected chi connectivity index (χ2v) is 11.4. The molecule has 0 saturated carbocycles. The van der Waals surface area contributed by atoms with Gasteiger partial charge in [0.15, 0.2) is 15.0 Å². The largest absolute Gasteiger partial charge is 0.494 e. The summed E-state index contributed by atoms with van der Waals surface area (Å²) in [6.07, 6.45) is 1.09. The Hall–Kier alpha value is -2.20. The highest BCUT2D eigenvalue weighted by Crippen LogP contribution is 2.39. The zero-order valence-electron chi connectivity index (χ0n) is 19.0. The van der Waals surface area contributed by atoms with Crippen molar-refractivity contribution < 1.29 is 17.9 Å². The number of sulfone groups is 1. The van der Waals surface area contributed by atoms with Gasteiger partial charge in [-0.2, -0.15) is 0 Å². The molecule has 0 saturated heterocycles. The molecular weight excluding hydrogens is 482 g/mol. The fourth-order valence-corrected chi connectivity index (χ4v) is 6.02. The van der Waals surface area contributed by atoms with Crippen LogP contribution < -0.4 is 9.64 Å². The van der Waals surface area contributed by atoms with Gasteiger partial charge in [-0.05, 0) is 57.7 Å². The third-order valence-corrected chi connectivity index (χ3v) is 8.45. The molecule has 10 heteroatoms. The van der Waals surface area contributed by atoms with Crippen molar-refractivity contribution in [1.82, 2.24) is 9.88 Å². The number of thiazole rings is 1. The molecule has 0 radical (unpaired) electrons.